The van der Waals surface area contributed by atoms with Crippen molar-refractivity contribution in [2.75, 3.05) is 13.1 Å². The topological polar surface area (TPSA) is 38.0 Å². The normalized spacial score (nSPS) is 29.6. The van der Waals surface area contributed by atoms with Crippen LogP contribution in [0, 0.1) is 5.92 Å². The molecule has 1 aliphatic carbocycles. The second kappa shape index (κ2) is 8.71. The maximum Gasteiger partial charge on any atom is 0.0304 e. The fraction of sp³-hybridized carbons (Fsp3) is 0.875. The number of nitrogens with two attached hydrogens (primary N) is 1. The van der Waals surface area contributed by atoms with Crippen molar-refractivity contribution >= 4 is 0 Å². The maximum absolute atomic E-state index is 6.06. The van der Waals surface area contributed by atoms with Crippen molar-refractivity contribution in [3.63, 3.8) is 0 Å². The highest BCUT2D eigenvalue weighted by atomic mass is 15.0. The third-order valence-corrected chi connectivity index (χ3v) is 4.43. The molecule has 106 valence electrons. The van der Waals surface area contributed by atoms with Gasteiger partial charge in [-0.05, 0) is 45.1 Å². The highest BCUT2D eigenvalue weighted by Gasteiger charge is 2.30. The lowest BCUT2D eigenvalue weighted by Gasteiger charge is -2.33. The Kier molecular flexibility index (Phi) is 7.60. The summed E-state index contributed by atoms with van der Waals surface area (Å²) in [6.07, 6.45) is 14.9. The van der Waals surface area contributed by atoms with Crippen molar-refractivity contribution < 1.29 is 0 Å². The zero-order valence-corrected chi connectivity index (χ0v) is 12.4. The van der Waals surface area contributed by atoms with Gasteiger partial charge in [-0.15, -0.1) is 0 Å². The first kappa shape index (κ1) is 15.7. The highest BCUT2D eigenvalue weighted by Crippen LogP contribution is 2.32. The quantitative estimate of drug-likeness (QED) is 0.412. The van der Waals surface area contributed by atoms with Gasteiger partial charge in [0.2, 0.25) is 0 Å². The molecule has 0 aromatic heterocycles. The smallest absolute Gasteiger partial charge is 0.0304 e. The van der Waals surface area contributed by atoms with Crippen LogP contribution in [0.25, 0.3) is 0 Å². The minimum atomic E-state index is 0.226. The molecule has 1 rings (SSSR count). The zero-order chi connectivity index (χ0) is 13.3. The molecule has 0 amide bonds. The largest absolute Gasteiger partial charge is 0.329 e. The zero-order valence-electron chi connectivity index (χ0n) is 12.4. The van der Waals surface area contributed by atoms with Gasteiger partial charge in [0.05, 0.1) is 0 Å². The average Bonchev–Trinajstić information content (AvgIpc) is 2.59. The summed E-state index contributed by atoms with van der Waals surface area (Å²) in [6, 6.07) is 0. The van der Waals surface area contributed by atoms with E-state index in [0.29, 0.717) is 0 Å². The fourth-order valence-electron chi connectivity index (χ4n) is 3.22. The van der Waals surface area contributed by atoms with Gasteiger partial charge in [-0.2, -0.15) is 0 Å². The van der Waals surface area contributed by atoms with Crippen molar-refractivity contribution in [3.05, 3.63) is 12.2 Å². The van der Waals surface area contributed by atoms with Gasteiger partial charge in [-0.1, -0.05) is 44.8 Å². The van der Waals surface area contributed by atoms with Gasteiger partial charge in [0.1, 0.15) is 0 Å². The van der Waals surface area contributed by atoms with E-state index in [-0.39, 0.29) is 5.54 Å². The predicted octanol–water partition coefficient (Wildman–Crippen LogP) is 3.62. The number of nitrogens with one attached hydrogen (secondary N) is 1. The molecule has 1 aliphatic rings. The lowest BCUT2D eigenvalue weighted by Crippen LogP contribution is -2.51. The molecule has 0 radical (unpaired) electrons. The van der Waals surface area contributed by atoms with Gasteiger partial charge in [-0.25, -0.2) is 0 Å². The number of hydrogen-bond donors (Lipinski definition) is 2. The molecule has 0 saturated heterocycles. The first-order valence-corrected chi connectivity index (χ1v) is 7.82. The fourth-order valence-corrected chi connectivity index (χ4v) is 3.22. The number of rotatable bonds is 7. The van der Waals surface area contributed by atoms with Crippen LogP contribution in [0.15, 0.2) is 12.2 Å². The van der Waals surface area contributed by atoms with Crippen molar-refractivity contribution in [3.8, 4) is 0 Å². The summed E-state index contributed by atoms with van der Waals surface area (Å²) in [5, 5.41) is 3.75. The molecular formula is C16H32N2. The van der Waals surface area contributed by atoms with Crippen LogP contribution in [0.4, 0.5) is 0 Å². The molecular weight excluding hydrogens is 220 g/mol. The molecule has 2 unspecified atom stereocenters. The van der Waals surface area contributed by atoms with E-state index in [1.165, 1.54) is 44.9 Å². The Balaban J connectivity index is 2.43. The van der Waals surface area contributed by atoms with Crippen molar-refractivity contribution in [2.24, 2.45) is 11.7 Å². The van der Waals surface area contributed by atoms with E-state index < -0.39 is 0 Å². The molecule has 0 aromatic rings. The summed E-state index contributed by atoms with van der Waals surface area (Å²) >= 11 is 0. The van der Waals surface area contributed by atoms with Gasteiger partial charge in [0, 0.05) is 12.1 Å². The van der Waals surface area contributed by atoms with Crippen LogP contribution < -0.4 is 11.1 Å². The third kappa shape index (κ3) is 5.11. The van der Waals surface area contributed by atoms with E-state index in [4.69, 9.17) is 5.73 Å². The molecule has 0 heterocycles. The van der Waals surface area contributed by atoms with E-state index in [2.05, 4.69) is 31.3 Å². The molecule has 0 aliphatic heterocycles. The third-order valence-electron chi connectivity index (χ3n) is 4.43. The first-order chi connectivity index (χ1) is 8.76. The van der Waals surface area contributed by atoms with Gasteiger partial charge < -0.3 is 11.1 Å². The molecule has 1 fully saturated rings. The molecule has 3 N–H and O–H groups in total. The Bertz CT molecular complexity index is 237. The lowest BCUT2D eigenvalue weighted by atomic mass is 9.89. The SMILES string of the molecule is C/C=C/CCNC1(CN)CCCC(CCC)CC1. The van der Waals surface area contributed by atoms with Crippen LogP contribution in [0.1, 0.15) is 65.2 Å². The van der Waals surface area contributed by atoms with Gasteiger partial charge in [-0.3, -0.25) is 0 Å². The summed E-state index contributed by atoms with van der Waals surface area (Å²) in [5.74, 6) is 0.945. The Morgan fingerprint density at radius 3 is 2.83 bits per heavy atom. The van der Waals surface area contributed by atoms with Crippen molar-refractivity contribution in [2.45, 2.75) is 70.8 Å². The van der Waals surface area contributed by atoms with E-state index in [0.717, 1.165) is 25.4 Å². The standard InChI is InChI=1S/C16H32N2/c1-3-5-6-13-18-16(14-17)11-7-9-15(8-4-2)10-12-16/h3,5,15,18H,4,6-14,17H2,1-2H3/b5-3+. The molecule has 2 heteroatoms. The van der Waals surface area contributed by atoms with E-state index in [9.17, 15) is 0 Å². The average molecular weight is 252 g/mol. The predicted molar refractivity (Wildman–Crippen MR) is 80.7 cm³/mol. The first-order valence-electron chi connectivity index (χ1n) is 7.82. The molecule has 0 spiro atoms. The minimum absolute atomic E-state index is 0.226. The summed E-state index contributed by atoms with van der Waals surface area (Å²) in [6.45, 7) is 6.25. The van der Waals surface area contributed by atoms with Crippen LogP contribution in [0.5, 0.6) is 0 Å². The van der Waals surface area contributed by atoms with Crippen LogP contribution >= 0.6 is 0 Å². The van der Waals surface area contributed by atoms with E-state index >= 15 is 0 Å². The highest BCUT2D eigenvalue weighted by molar-refractivity contribution is 4.93. The van der Waals surface area contributed by atoms with E-state index in [1.807, 2.05) is 0 Å². The maximum atomic E-state index is 6.06. The summed E-state index contributed by atoms with van der Waals surface area (Å²) < 4.78 is 0. The Labute approximate surface area is 113 Å². The Morgan fingerprint density at radius 1 is 1.33 bits per heavy atom. The number of hydrogen-bond acceptors (Lipinski definition) is 2. The lowest BCUT2D eigenvalue weighted by molar-refractivity contribution is 0.289. The van der Waals surface area contributed by atoms with Gasteiger partial charge in [0.15, 0.2) is 0 Å². The summed E-state index contributed by atoms with van der Waals surface area (Å²) in [4.78, 5) is 0. The van der Waals surface area contributed by atoms with Crippen LogP contribution in [-0.2, 0) is 0 Å². The number of allylic oxidation sites excluding steroid dienone is 1. The molecule has 1 saturated carbocycles. The Hall–Kier alpha value is -0.340. The van der Waals surface area contributed by atoms with Crippen molar-refractivity contribution in [1.82, 2.24) is 5.32 Å². The summed E-state index contributed by atoms with van der Waals surface area (Å²) in [5.41, 5.74) is 6.29. The molecule has 2 atom stereocenters. The van der Waals surface area contributed by atoms with Gasteiger partial charge in [0.25, 0.3) is 0 Å². The minimum Gasteiger partial charge on any atom is -0.329 e. The van der Waals surface area contributed by atoms with Crippen LogP contribution in [-0.4, -0.2) is 18.6 Å². The van der Waals surface area contributed by atoms with Gasteiger partial charge >= 0.3 is 0 Å². The molecule has 18 heavy (non-hydrogen) atoms. The van der Waals surface area contributed by atoms with Crippen molar-refractivity contribution in [1.29, 1.82) is 0 Å². The molecule has 2 nitrogen and oxygen atoms in total. The Morgan fingerprint density at radius 2 is 2.17 bits per heavy atom. The second-order valence-corrected chi connectivity index (χ2v) is 5.85. The van der Waals surface area contributed by atoms with Crippen LogP contribution in [0.2, 0.25) is 0 Å². The molecule has 0 aromatic carbocycles. The second-order valence-electron chi connectivity index (χ2n) is 5.85. The van der Waals surface area contributed by atoms with Crippen LogP contribution in [0.3, 0.4) is 0 Å². The molecule has 0 bridgehead atoms. The van der Waals surface area contributed by atoms with E-state index in [1.54, 1.807) is 0 Å². The monoisotopic (exact) mass is 252 g/mol. The summed E-state index contributed by atoms with van der Waals surface area (Å²) in [7, 11) is 0.